The zero-order chi connectivity index (χ0) is 14.4. The van der Waals surface area contributed by atoms with Crippen LogP contribution in [-0.4, -0.2) is 29.0 Å². The van der Waals surface area contributed by atoms with E-state index in [9.17, 15) is 4.79 Å². The van der Waals surface area contributed by atoms with Crippen molar-refractivity contribution in [3.63, 3.8) is 0 Å². The van der Waals surface area contributed by atoms with E-state index in [4.69, 9.17) is 15.2 Å². The average molecular weight is 275 g/mol. The third-order valence-corrected chi connectivity index (χ3v) is 2.64. The fraction of sp³-hybridized carbons (Fsp3) is 0.286. The van der Waals surface area contributed by atoms with Gasteiger partial charge in [-0.3, -0.25) is 4.68 Å². The fourth-order valence-electron chi connectivity index (χ4n) is 1.64. The first-order chi connectivity index (χ1) is 9.70. The first kappa shape index (κ1) is 13.9. The number of aromatic nitrogens is 2. The molecule has 1 aromatic carbocycles. The van der Waals surface area contributed by atoms with E-state index in [1.54, 1.807) is 10.9 Å². The predicted octanol–water partition coefficient (Wildman–Crippen LogP) is 1.72. The minimum atomic E-state index is -0.536. The summed E-state index contributed by atoms with van der Waals surface area (Å²) >= 11 is 0. The van der Waals surface area contributed by atoms with Crippen LogP contribution in [-0.2, 0) is 11.3 Å². The molecule has 0 aliphatic heterocycles. The highest BCUT2D eigenvalue weighted by atomic mass is 16.6. The maximum atomic E-state index is 11.8. The fourth-order valence-corrected chi connectivity index (χ4v) is 1.64. The summed E-state index contributed by atoms with van der Waals surface area (Å²) in [5.41, 5.74) is 6.16. The minimum Gasteiger partial charge on any atom is -0.490 e. The van der Waals surface area contributed by atoms with E-state index in [1.807, 2.05) is 37.3 Å². The van der Waals surface area contributed by atoms with Gasteiger partial charge in [0.15, 0.2) is 5.69 Å². The SMILES string of the molecule is CCn1cc(N)c(C(=O)OCCOc2ccccc2)n1. The molecule has 0 unspecified atom stereocenters. The summed E-state index contributed by atoms with van der Waals surface area (Å²) in [6.07, 6.45) is 1.61. The lowest BCUT2D eigenvalue weighted by Crippen LogP contribution is -2.14. The molecule has 0 amide bonds. The Bertz CT molecular complexity index is 566. The molecule has 20 heavy (non-hydrogen) atoms. The lowest BCUT2D eigenvalue weighted by atomic mass is 10.3. The lowest BCUT2D eigenvalue weighted by molar-refractivity contribution is 0.0444. The molecular weight excluding hydrogens is 258 g/mol. The topological polar surface area (TPSA) is 79.4 Å². The Labute approximate surface area is 117 Å². The van der Waals surface area contributed by atoms with E-state index in [0.717, 1.165) is 5.75 Å². The Morgan fingerprint density at radius 3 is 2.70 bits per heavy atom. The Morgan fingerprint density at radius 1 is 1.30 bits per heavy atom. The van der Waals surface area contributed by atoms with Crippen molar-refractivity contribution in [3.8, 4) is 5.75 Å². The number of benzene rings is 1. The van der Waals surface area contributed by atoms with Gasteiger partial charge in [-0.2, -0.15) is 5.10 Å². The van der Waals surface area contributed by atoms with Crippen molar-refractivity contribution in [2.24, 2.45) is 0 Å². The molecule has 6 heteroatoms. The highest BCUT2D eigenvalue weighted by Crippen LogP contribution is 2.11. The smallest absolute Gasteiger partial charge is 0.361 e. The van der Waals surface area contributed by atoms with Gasteiger partial charge < -0.3 is 15.2 Å². The van der Waals surface area contributed by atoms with E-state index in [0.29, 0.717) is 12.2 Å². The van der Waals surface area contributed by atoms with Gasteiger partial charge in [0.25, 0.3) is 0 Å². The average Bonchev–Trinajstić information content (AvgIpc) is 2.86. The first-order valence-corrected chi connectivity index (χ1v) is 6.38. The number of anilines is 1. The number of ether oxygens (including phenoxy) is 2. The lowest BCUT2D eigenvalue weighted by Gasteiger charge is -2.06. The van der Waals surface area contributed by atoms with Crippen molar-refractivity contribution in [2.45, 2.75) is 13.5 Å². The van der Waals surface area contributed by atoms with Gasteiger partial charge in [-0.05, 0) is 19.1 Å². The van der Waals surface area contributed by atoms with Crippen molar-refractivity contribution in [2.75, 3.05) is 18.9 Å². The maximum Gasteiger partial charge on any atom is 0.361 e. The highest BCUT2D eigenvalue weighted by molar-refractivity contribution is 5.92. The normalized spacial score (nSPS) is 10.2. The van der Waals surface area contributed by atoms with Gasteiger partial charge in [0, 0.05) is 12.7 Å². The Balaban J connectivity index is 1.79. The molecule has 0 aliphatic rings. The molecule has 1 heterocycles. The number of hydrogen-bond donors (Lipinski definition) is 1. The number of nitrogen functional groups attached to an aromatic ring is 1. The van der Waals surface area contributed by atoms with Crippen LogP contribution < -0.4 is 10.5 Å². The quantitative estimate of drug-likeness (QED) is 0.641. The van der Waals surface area contributed by atoms with E-state index in [1.165, 1.54) is 0 Å². The summed E-state index contributed by atoms with van der Waals surface area (Å²) in [5.74, 6) is 0.199. The molecule has 0 saturated heterocycles. The predicted molar refractivity (Wildman–Crippen MR) is 74.5 cm³/mol. The van der Waals surface area contributed by atoms with Crippen molar-refractivity contribution in [1.29, 1.82) is 0 Å². The van der Waals surface area contributed by atoms with Gasteiger partial charge in [-0.1, -0.05) is 18.2 Å². The summed E-state index contributed by atoms with van der Waals surface area (Å²) in [6.45, 7) is 2.99. The van der Waals surface area contributed by atoms with Gasteiger partial charge in [-0.25, -0.2) is 4.79 Å². The van der Waals surface area contributed by atoms with Gasteiger partial charge in [-0.15, -0.1) is 0 Å². The monoisotopic (exact) mass is 275 g/mol. The zero-order valence-electron chi connectivity index (χ0n) is 11.3. The second kappa shape index (κ2) is 6.60. The molecule has 2 N–H and O–H groups in total. The maximum absolute atomic E-state index is 11.8. The number of carbonyl (C=O) groups excluding carboxylic acids is 1. The molecule has 2 rings (SSSR count). The number of nitrogens with two attached hydrogens (primary N) is 1. The summed E-state index contributed by atoms with van der Waals surface area (Å²) in [7, 11) is 0. The van der Waals surface area contributed by atoms with Crippen molar-refractivity contribution >= 4 is 11.7 Å². The molecule has 0 radical (unpaired) electrons. The molecule has 6 nitrogen and oxygen atoms in total. The number of para-hydroxylation sites is 1. The minimum absolute atomic E-state index is 0.145. The Hall–Kier alpha value is -2.50. The second-order valence-electron chi connectivity index (χ2n) is 4.09. The summed E-state index contributed by atoms with van der Waals surface area (Å²) in [4.78, 5) is 11.8. The van der Waals surface area contributed by atoms with Crippen LogP contribution in [0, 0.1) is 0 Å². The Morgan fingerprint density at radius 2 is 2.05 bits per heavy atom. The molecule has 0 aliphatic carbocycles. The first-order valence-electron chi connectivity index (χ1n) is 6.38. The van der Waals surface area contributed by atoms with Gasteiger partial charge in [0.1, 0.15) is 19.0 Å². The van der Waals surface area contributed by atoms with Crippen LogP contribution in [0.2, 0.25) is 0 Å². The third-order valence-electron chi connectivity index (χ3n) is 2.64. The van der Waals surface area contributed by atoms with E-state index < -0.39 is 5.97 Å². The number of carbonyl (C=O) groups is 1. The van der Waals surface area contributed by atoms with Crippen molar-refractivity contribution < 1.29 is 14.3 Å². The van der Waals surface area contributed by atoms with E-state index in [2.05, 4.69) is 5.10 Å². The number of esters is 1. The second-order valence-corrected chi connectivity index (χ2v) is 4.09. The van der Waals surface area contributed by atoms with Crippen molar-refractivity contribution in [1.82, 2.24) is 9.78 Å². The number of nitrogens with zero attached hydrogens (tertiary/aromatic N) is 2. The van der Waals surface area contributed by atoms with Crippen LogP contribution in [0.1, 0.15) is 17.4 Å². The van der Waals surface area contributed by atoms with Crippen LogP contribution in [0.15, 0.2) is 36.5 Å². The molecule has 106 valence electrons. The van der Waals surface area contributed by atoms with Crippen LogP contribution >= 0.6 is 0 Å². The molecule has 1 aromatic heterocycles. The summed E-state index contributed by atoms with van der Waals surface area (Å²) in [6, 6.07) is 9.32. The standard InChI is InChI=1S/C14H17N3O3/c1-2-17-10-12(15)13(16-17)14(18)20-9-8-19-11-6-4-3-5-7-11/h3-7,10H,2,8-9,15H2,1H3. The molecule has 2 aromatic rings. The molecule has 0 atom stereocenters. The summed E-state index contributed by atoms with van der Waals surface area (Å²) in [5, 5.41) is 4.04. The highest BCUT2D eigenvalue weighted by Gasteiger charge is 2.15. The number of hydrogen-bond acceptors (Lipinski definition) is 5. The molecule has 0 fully saturated rings. The van der Waals surface area contributed by atoms with Gasteiger partial charge >= 0.3 is 5.97 Å². The van der Waals surface area contributed by atoms with Crippen LogP contribution in [0.5, 0.6) is 5.75 Å². The van der Waals surface area contributed by atoms with Crippen LogP contribution in [0.3, 0.4) is 0 Å². The third kappa shape index (κ3) is 3.50. The van der Waals surface area contributed by atoms with Crippen molar-refractivity contribution in [3.05, 3.63) is 42.2 Å². The van der Waals surface area contributed by atoms with Gasteiger partial charge in [0.2, 0.25) is 0 Å². The molecule has 0 saturated carbocycles. The van der Waals surface area contributed by atoms with E-state index in [-0.39, 0.29) is 18.9 Å². The number of aryl methyl sites for hydroxylation is 1. The molecular formula is C14H17N3O3. The number of rotatable bonds is 6. The van der Waals surface area contributed by atoms with Crippen LogP contribution in [0.25, 0.3) is 0 Å². The van der Waals surface area contributed by atoms with Gasteiger partial charge in [0.05, 0.1) is 5.69 Å². The molecule has 0 spiro atoms. The summed E-state index contributed by atoms with van der Waals surface area (Å²) < 4.78 is 12.1. The van der Waals surface area contributed by atoms with E-state index >= 15 is 0 Å². The Kier molecular flexibility index (Phi) is 4.60. The molecule has 0 bridgehead atoms. The van der Waals surface area contributed by atoms with Crippen LogP contribution in [0.4, 0.5) is 5.69 Å². The largest absolute Gasteiger partial charge is 0.490 e. The zero-order valence-corrected chi connectivity index (χ0v) is 11.3.